The SMILES string of the molecule is COC(=O)C(=O)c1cc(OC)c(C)n1C(=O)OC(C)(C)C. The number of aromatic nitrogens is 1. The second-order valence-electron chi connectivity index (χ2n) is 5.32. The lowest BCUT2D eigenvalue weighted by molar-refractivity contribution is -0.135. The Bertz CT molecular complexity index is 579. The fraction of sp³-hybridized carbons (Fsp3) is 0.500. The van der Waals surface area contributed by atoms with Crippen LogP contribution in [0, 0.1) is 6.92 Å². The van der Waals surface area contributed by atoms with Gasteiger partial charge in [0.2, 0.25) is 0 Å². The van der Waals surface area contributed by atoms with Gasteiger partial charge >= 0.3 is 12.1 Å². The summed E-state index contributed by atoms with van der Waals surface area (Å²) in [6.45, 7) is 6.67. The molecular formula is C14H19NO6. The molecule has 21 heavy (non-hydrogen) atoms. The van der Waals surface area contributed by atoms with Crippen LogP contribution in [0.5, 0.6) is 5.75 Å². The van der Waals surface area contributed by atoms with E-state index in [9.17, 15) is 14.4 Å². The van der Waals surface area contributed by atoms with Crippen molar-refractivity contribution >= 4 is 17.8 Å². The molecule has 0 spiro atoms. The molecule has 0 fully saturated rings. The lowest BCUT2D eigenvalue weighted by Crippen LogP contribution is -2.30. The topological polar surface area (TPSA) is 83.8 Å². The number of methoxy groups -OCH3 is 2. The number of ketones is 1. The van der Waals surface area contributed by atoms with Crippen molar-refractivity contribution in [2.24, 2.45) is 0 Å². The number of hydrogen-bond acceptors (Lipinski definition) is 6. The molecule has 1 heterocycles. The van der Waals surface area contributed by atoms with Gasteiger partial charge in [0.1, 0.15) is 17.0 Å². The predicted octanol–water partition coefficient (Wildman–Crippen LogP) is 1.94. The minimum atomic E-state index is -1.07. The molecule has 1 aromatic rings. The van der Waals surface area contributed by atoms with Crippen LogP contribution in [0.15, 0.2) is 6.07 Å². The lowest BCUT2D eigenvalue weighted by atomic mass is 10.2. The van der Waals surface area contributed by atoms with E-state index < -0.39 is 23.4 Å². The van der Waals surface area contributed by atoms with Crippen LogP contribution in [0.4, 0.5) is 4.79 Å². The summed E-state index contributed by atoms with van der Waals surface area (Å²) in [4.78, 5) is 35.6. The first-order valence-corrected chi connectivity index (χ1v) is 6.24. The van der Waals surface area contributed by atoms with Crippen molar-refractivity contribution in [2.45, 2.75) is 33.3 Å². The van der Waals surface area contributed by atoms with Gasteiger partial charge in [-0.2, -0.15) is 0 Å². The smallest absolute Gasteiger partial charge is 0.419 e. The van der Waals surface area contributed by atoms with Crippen molar-refractivity contribution in [1.82, 2.24) is 4.57 Å². The highest BCUT2D eigenvalue weighted by molar-refractivity contribution is 6.40. The van der Waals surface area contributed by atoms with Gasteiger partial charge in [-0.05, 0) is 27.7 Å². The normalized spacial score (nSPS) is 11.0. The van der Waals surface area contributed by atoms with E-state index in [0.29, 0.717) is 11.4 Å². The Labute approximate surface area is 122 Å². The molecule has 1 rings (SSSR count). The average molecular weight is 297 g/mol. The molecule has 0 aliphatic heterocycles. The third kappa shape index (κ3) is 3.62. The zero-order chi connectivity index (χ0) is 16.4. The molecule has 7 heteroatoms. The Morgan fingerprint density at radius 1 is 1.14 bits per heavy atom. The highest BCUT2D eigenvalue weighted by atomic mass is 16.6. The first kappa shape index (κ1) is 16.7. The molecule has 7 nitrogen and oxygen atoms in total. The standard InChI is InChI=1S/C14H19NO6/c1-8-10(19-5)7-9(11(16)12(17)20-6)15(8)13(18)21-14(2,3)4/h7H,1-6H3. The summed E-state index contributed by atoms with van der Waals surface area (Å²) in [6, 6.07) is 1.30. The predicted molar refractivity (Wildman–Crippen MR) is 73.7 cm³/mol. The van der Waals surface area contributed by atoms with Crippen LogP contribution >= 0.6 is 0 Å². The van der Waals surface area contributed by atoms with Crippen LogP contribution in [0.25, 0.3) is 0 Å². The molecule has 0 saturated carbocycles. The molecule has 0 radical (unpaired) electrons. The monoisotopic (exact) mass is 297 g/mol. The van der Waals surface area contributed by atoms with Crippen molar-refractivity contribution in [3.05, 3.63) is 17.5 Å². The maximum Gasteiger partial charge on any atom is 0.419 e. The molecule has 0 aliphatic rings. The summed E-state index contributed by atoms with van der Waals surface area (Å²) in [5.41, 5.74) is -0.545. The Kier molecular flexibility index (Phi) is 4.77. The zero-order valence-corrected chi connectivity index (χ0v) is 13.0. The van der Waals surface area contributed by atoms with Crippen LogP contribution in [0.3, 0.4) is 0 Å². The summed E-state index contributed by atoms with van der Waals surface area (Å²) < 4.78 is 15.7. The number of hydrogen-bond donors (Lipinski definition) is 0. The van der Waals surface area contributed by atoms with Gasteiger partial charge in [0.05, 0.1) is 19.9 Å². The van der Waals surface area contributed by atoms with Crippen LogP contribution in [-0.4, -0.2) is 42.2 Å². The van der Waals surface area contributed by atoms with Crippen LogP contribution in [0.2, 0.25) is 0 Å². The fourth-order valence-electron chi connectivity index (χ4n) is 1.70. The number of carbonyl (C=O) groups excluding carboxylic acids is 3. The second-order valence-corrected chi connectivity index (χ2v) is 5.32. The summed E-state index contributed by atoms with van der Waals surface area (Å²) in [5, 5.41) is 0. The molecule has 0 aliphatic carbocycles. The number of esters is 1. The summed E-state index contributed by atoms with van der Waals surface area (Å²) in [5.74, 6) is -1.72. The molecule has 0 unspecified atom stereocenters. The largest absolute Gasteiger partial charge is 0.495 e. The zero-order valence-electron chi connectivity index (χ0n) is 13.0. The molecule has 0 atom stereocenters. The van der Waals surface area contributed by atoms with E-state index >= 15 is 0 Å². The molecule has 0 bridgehead atoms. The Hall–Kier alpha value is -2.31. The van der Waals surface area contributed by atoms with Crippen molar-refractivity contribution in [3.8, 4) is 5.75 Å². The van der Waals surface area contributed by atoms with Crippen molar-refractivity contribution in [3.63, 3.8) is 0 Å². The van der Waals surface area contributed by atoms with Gasteiger partial charge in [-0.25, -0.2) is 14.2 Å². The first-order chi connectivity index (χ1) is 9.62. The van der Waals surface area contributed by atoms with E-state index in [1.165, 1.54) is 13.2 Å². The molecule has 0 N–H and O–H groups in total. The van der Waals surface area contributed by atoms with Gasteiger partial charge in [0.25, 0.3) is 5.78 Å². The van der Waals surface area contributed by atoms with E-state index in [1.807, 2.05) is 0 Å². The van der Waals surface area contributed by atoms with Crippen molar-refractivity contribution in [2.75, 3.05) is 14.2 Å². The number of nitrogens with zero attached hydrogens (tertiary/aromatic N) is 1. The van der Waals surface area contributed by atoms with E-state index in [2.05, 4.69) is 4.74 Å². The summed E-state index contributed by atoms with van der Waals surface area (Å²) in [6.07, 6.45) is -0.768. The van der Waals surface area contributed by atoms with Gasteiger partial charge in [-0.1, -0.05) is 0 Å². The van der Waals surface area contributed by atoms with E-state index in [-0.39, 0.29) is 5.69 Å². The van der Waals surface area contributed by atoms with Crippen molar-refractivity contribution < 1.29 is 28.6 Å². The van der Waals surface area contributed by atoms with Crippen molar-refractivity contribution in [1.29, 1.82) is 0 Å². The number of Topliss-reactive ketones (excluding diaryl/α,β-unsaturated/α-hetero) is 1. The highest BCUT2D eigenvalue weighted by Gasteiger charge is 2.30. The highest BCUT2D eigenvalue weighted by Crippen LogP contribution is 2.25. The number of carbonyl (C=O) groups is 3. The molecule has 0 saturated heterocycles. The summed E-state index contributed by atoms with van der Waals surface area (Å²) >= 11 is 0. The number of rotatable bonds is 3. The van der Waals surface area contributed by atoms with E-state index in [1.54, 1.807) is 27.7 Å². The minimum Gasteiger partial charge on any atom is -0.495 e. The second kappa shape index (κ2) is 5.99. The fourth-order valence-corrected chi connectivity index (χ4v) is 1.70. The maximum absolute atomic E-state index is 12.2. The van der Waals surface area contributed by atoms with Gasteiger partial charge in [0.15, 0.2) is 0 Å². The van der Waals surface area contributed by atoms with Crippen LogP contribution in [0.1, 0.15) is 37.0 Å². The van der Waals surface area contributed by atoms with Crippen LogP contribution < -0.4 is 4.74 Å². The molecular weight excluding hydrogens is 278 g/mol. The van der Waals surface area contributed by atoms with Gasteiger partial charge in [-0.3, -0.25) is 4.79 Å². The molecule has 0 amide bonds. The summed E-state index contributed by atoms with van der Waals surface area (Å²) in [7, 11) is 2.49. The Morgan fingerprint density at radius 2 is 1.71 bits per heavy atom. The Balaban J connectivity index is 3.35. The average Bonchev–Trinajstić information content (AvgIpc) is 2.71. The van der Waals surface area contributed by atoms with E-state index in [4.69, 9.17) is 9.47 Å². The number of ether oxygens (including phenoxy) is 3. The minimum absolute atomic E-state index is 0.162. The maximum atomic E-state index is 12.2. The third-order valence-electron chi connectivity index (χ3n) is 2.60. The quantitative estimate of drug-likeness (QED) is 0.481. The Morgan fingerprint density at radius 3 is 2.14 bits per heavy atom. The lowest BCUT2D eigenvalue weighted by Gasteiger charge is -2.20. The van der Waals surface area contributed by atoms with Gasteiger partial charge in [0, 0.05) is 6.07 Å². The van der Waals surface area contributed by atoms with Crippen LogP contribution in [-0.2, 0) is 14.3 Å². The molecule has 1 aromatic heterocycles. The van der Waals surface area contributed by atoms with Gasteiger partial charge in [-0.15, -0.1) is 0 Å². The molecule has 116 valence electrons. The third-order valence-corrected chi connectivity index (χ3v) is 2.60. The molecule has 0 aromatic carbocycles. The first-order valence-electron chi connectivity index (χ1n) is 6.24. The van der Waals surface area contributed by atoms with Gasteiger partial charge < -0.3 is 14.2 Å². The van der Waals surface area contributed by atoms with E-state index in [0.717, 1.165) is 11.7 Å².